The molecule has 1 heterocycles. The van der Waals surface area contributed by atoms with E-state index in [1.807, 2.05) is 32.7 Å². The van der Waals surface area contributed by atoms with Crippen LogP contribution in [0.25, 0.3) is 0 Å². The fourth-order valence-corrected chi connectivity index (χ4v) is 2.34. The van der Waals surface area contributed by atoms with Crippen LogP contribution in [0.2, 0.25) is 0 Å². The second kappa shape index (κ2) is 7.45. The SMILES string of the molecule is CCOC(=O)c1nc(N(C)CCOC(C)C)sc1C. The van der Waals surface area contributed by atoms with E-state index < -0.39 is 0 Å². The van der Waals surface area contributed by atoms with Crippen molar-refractivity contribution in [1.29, 1.82) is 0 Å². The Balaban J connectivity index is 2.63. The Morgan fingerprint density at radius 1 is 1.47 bits per heavy atom. The molecular formula is C13H22N2O3S. The summed E-state index contributed by atoms with van der Waals surface area (Å²) in [5, 5.41) is 0.813. The van der Waals surface area contributed by atoms with Crippen LogP contribution in [0.5, 0.6) is 0 Å². The van der Waals surface area contributed by atoms with Gasteiger partial charge in [-0.3, -0.25) is 0 Å². The van der Waals surface area contributed by atoms with Gasteiger partial charge in [-0.1, -0.05) is 0 Å². The van der Waals surface area contributed by atoms with Gasteiger partial charge in [0.1, 0.15) is 0 Å². The van der Waals surface area contributed by atoms with Crippen LogP contribution in [0.1, 0.15) is 36.1 Å². The van der Waals surface area contributed by atoms with Crippen molar-refractivity contribution >= 4 is 22.4 Å². The number of esters is 1. The molecule has 1 rings (SSSR count). The molecule has 0 radical (unpaired) electrons. The number of thiazole rings is 1. The third kappa shape index (κ3) is 4.80. The molecule has 0 N–H and O–H groups in total. The molecule has 0 unspecified atom stereocenters. The maximum atomic E-state index is 11.7. The molecule has 0 aliphatic heterocycles. The molecule has 0 aliphatic carbocycles. The summed E-state index contributed by atoms with van der Waals surface area (Å²) in [5.41, 5.74) is 0.415. The number of carbonyl (C=O) groups excluding carboxylic acids is 1. The molecule has 0 amide bonds. The number of hydrogen-bond donors (Lipinski definition) is 0. The van der Waals surface area contributed by atoms with Crippen molar-refractivity contribution in [3.8, 4) is 0 Å². The molecule has 0 bridgehead atoms. The first kappa shape index (κ1) is 15.9. The highest BCUT2D eigenvalue weighted by Gasteiger charge is 2.18. The van der Waals surface area contributed by atoms with E-state index >= 15 is 0 Å². The highest BCUT2D eigenvalue weighted by atomic mass is 32.1. The standard InChI is InChI=1S/C13H22N2O3S/c1-6-17-12(16)11-10(4)19-13(14-11)15(5)7-8-18-9(2)3/h9H,6-8H2,1-5H3. The lowest BCUT2D eigenvalue weighted by Crippen LogP contribution is -2.23. The topological polar surface area (TPSA) is 51.7 Å². The van der Waals surface area contributed by atoms with Crippen LogP contribution in [-0.4, -0.2) is 43.9 Å². The number of likely N-dealkylation sites (N-methyl/N-ethyl adjacent to an activating group) is 1. The second-order valence-corrected chi connectivity index (χ2v) is 5.64. The molecule has 6 heteroatoms. The Kier molecular flexibility index (Phi) is 6.24. The van der Waals surface area contributed by atoms with E-state index in [1.165, 1.54) is 11.3 Å². The first-order chi connectivity index (χ1) is 8.95. The van der Waals surface area contributed by atoms with Gasteiger partial charge in [0.25, 0.3) is 0 Å². The van der Waals surface area contributed by atoms with Crippen molar-refractivity contribution in [3.05, 3.63) is 10.6 Å². The minimum Gasteiger partial charge on any atom is -0.461 e. The van der Waals surface area contributed by atoms with Crippen molar-refractivity contribution < 1.29 is 14.3 Å². The smallest absolute Gasteiger partial charge is 0.358 e. The number of aryl methyl sites for hydroxylation is 1. The summed E-state index contributed by atoms with van der Waals surface area (Å²) in [4.78, 5) is 18.9. The fourth-order valence-electron chi connectivity index (χ4n) is 1.46. The number of anilines is 1. The minimum atomic E-state index is -0.352. The number of aromatic nitrogens is 1. The summed E-state index contributed by atoms with van der Waals surface area (Å²) < 4.78 is 10.5. The molecule has 0 spiro atoms. The second-order valence-electron chi connectivity index (χ2n) is 4.46. The third-order valence-electron chi connectivity index (χ3n) is 2.46. The van der Waals surface area contributed by atoms with Crippen LogP contribution in [-0.2, 0) is 9.47 Å². The largest absolute Gasteiger partial charge is 0.461 e. The molecule has 1 aromatic rings. The summed E-state index contributed by atoms with van der Waals surface area (Å²) >= 11 is 1.49. The predicted molar refractivity (Wildman–Crippen MR) is 77.2 cm³/mol. The van der Waals surface area contributed by atoms with E-state index in [1.54, 1.807) is 6.92 Å². The van der Waals surface area contributed by atoms with Crippen LogP contribution >= 0.6 is 11.3 Å². The number of ether oxygens (including phenoxy) is 2. The van der Waals surface area contributed by atoms with Gasteiger partial charge >= 0.3 is 5.97 Å². The number of hydrogen-bond acceptors (Lipinski definition) is 6. The maximum Gasteiger partial charge on any atom is 0.358 e. The minimum absolute atomic E-state index is 0.224. The highest BCUT2D eigenvalue weighted by Crippen LogP contribution is 2.25. The summed E-state index contributed by atoms with van der Waals surface area (Å²) in [6, 6.07) is 0. The van der Waals surface area contributed by atoms with Crippen LogP contribution in [0.15, 0.2) is 0 Å². The molecule has 0 aromatic carbocycles. The van der Waals surface area contributed by atoms with Gasteiger partial charge in [0, 0.05) is 18.5 Å². The van der Waals surface area contributed by atoms with Gasteiger partial charge in [-0.05, 0) is 27.7 Å². The molecule has 0 fully saturated rings. The van der Waals surface area contributed by atoms with Gasteiger partial charge in [0.2, 0.25) is 0 Å². The van der Waals surface area contributed by atoms with Crippen LogP contribution in [0.4, 0.5) is 5.13 Å². The molecule has 19 heavy (non-hydrogen) atoms. The zero-order chi connectivity index (χ0) is 14.4. The zero-order valence-electron chi connectivity index (χ0n) is 12.2. The van der Waals surface area contributed by atoms with E-state index in [9.17, 15) is 4.79 Å². The van der Waals surface area contributed by atoms with Crippen LogP contribution in [0.3, 0.4) is 0 Å². The lowest BCUT2D eigenvalue weighted by Gasteiger charge is -2.16. The van der Waals surface area contributed by atoms with Crippen molar-refractivity contribution in [3.63, 3.8) is 0 Å². The van der Waals surface area contributed by atoms with E-state index in [2.05, 4.69) is 4.98 Å². The average Bonchev–Trinajstić information content (AvgIpc) is 2.71. The summed E-state index contributed by atoms with van der Waals surface area (Å²) in [6.07, 6.45) is 0.224. The molecule has 108 valence electrons. The molecule has 5 nitrogen and oxygen atoms in total. The van der Waals surface area contributed by atoms with Gasteiger partial charge in [-0.25, -0.2) is 9.78 Å². The van der Waals surface area contributed by atoms with Crippen molar-refractivity contribution in [2.45, 2.75) is 33.8 Å². The van der Waals surface area contributed by atoms with E-state index in [4.69, 9.17) is 9.47 Å². The van der Waals surface area contributed by atoms with Crippen LogP contribution in [0, 0.1) is 6.92 Å². The van der Waals surface area contributed by atoms with Gasteiger partial charge in [0.15, 0.2) is 10.8 Å². The predicted octanol–water partition coefficient (Wildman–Crippen LogP) is 2.49. The van der Waals surface area contributed by atoms with E-state index in [0.29, 0.717) is 18.9 Å². The zero-order valence-corrected chi connectivity index (χ0v) is 13.0. The fraction of sp³-hybridized carbons (Fsp3) is 0.692. The Hall–Kier alpha value is -1.14. The highest BCUT2D eigenvalue weighted by molar-refractivity contribution is 7.15. The van der Waals surface area contributed by atoms with Gasteiger partial charge < -0.3 is 14.4 Å². The molecular weight excluding hydrogens is 264 g/mol. The Morgan fingerprint density at radius 3 is 2.74 bits per heavy atom. The number of carbonyl (C=O) groups is 1. The lowest BCUT2D eigenvalue weighted by atomic mass is 10.4. The van der Waals surface area contributed by atoms with E-state index in [0.717, 1.165) is 16.6 Å². The third-order valence-corrected chi connectivity index (χ3v) is 3.54. The molecule has 1 aromatic heterocycles. The van der Waals surface area contributed by atoms with Crippen molar-refractivity contribution in [2.75, 3.05) is 31.7 Å². The van der Waals surface area contributed by atoms with Gasteiger partial charge in [-0.15, -0.1) is 11.3 Å². The number of rotatable bonds is 7. The lowest BCUT2D eigenvalue weighted by molar-refractivity contribution is 0.0519. The molecule has 0 aliphatic rings. The molecule has 0 atom stereocenters. The number of nitrogens with zero attached hydrogens (tertiary/aromatic N) is 2. The van der Waals surface area contributed by atoms with Crippen molar-refractivity contribution in [2.24, 2.45) is 0 Å². The quantitative estimate of drug-likeness (QED) is 0.721. The van der Waals surface area contributed by atoms with E-state index in [-0.39, 0.29) is 12.1 Å². The van der Waals surface area contributed by atoms with Gasteiger partial charge in [-0.2, -0.15) is 0 Å². The Labute approximate surface area is 118 Å². The first-order valence-electron chi connectivity index (χ1n) is 6.43. The molecule has 0 saturated carbocycles. The molecule has 0 saturated heterocycles. The van der Waals surface area contributed by atoms with Gasteiger partial charge in [0.05, 0.1) is 19.3 Å². The summed E-state index contributed by atoms with van der Waals surface area (Å²) in [6.45, 7) is 9.43. The average molecular weight is 286 g/mol. The Morgan fingerprint density at radius 2 is 2.16 bits per heavy atom. The normalized spacial score (nSPS) is 10.8. The van der Waals surface area contributed by atoms with Crippen LogP contribution < -0.4 is 4.90 Å². The van der Waals surface area contributed by atoms with Crippen molar-refractivity contribution in [1.82, 2.24) is 4.98 Å². The first-order valence-corrected chi connectivity index (χ1v) is 7.24. The Bertz CT molecular complexity index is 418. The summed E-state index contributed by atoms with van der Waals surface area (Å²) in [5.74, 6) is -0.352. The maximum absolute atomic E-state index is 11.7. The summed E-state index contributed by atoms with van der Waals surface area (Å²) in [7, 11) is 1.94. The monoisotopic (exact) mass is 286 g/mol.